The van der Waals surface area contributed by atoms with Crippen molar-refractivity contribution in [1.29, 1.82) is 0 Å². The van der Waals surface area contributed by atoms with E-state index in [9.17, 15) is 5.11 Å². The Bertz CT molecular complexity index is 535. The van der Waals surface area contributed by atoms with Gasteiger partial charge in [0.15, 0.2) is 0 Å². The lowest BCUT2D eigenvalue weighted by molar-refractivity contribution is 0.170. The molecule has 1 aromatic carbocycles. The second kappa shape index (κ2) is 5.17. The van der Waals surface area contributed by atoms with Gasteiger partial charge in [-0.15, -0.1) is 0 Å². The van der Waals surface area contributed by atoms with E-state index in [1.165, 1.54) is 5.56 Å². The molecule has 19 heavy (non-hydrogen) atoms. The first kappa shape index (κ1) is 13.8. The Morgan fingerprint density at radius 3 is 2.32 bits per heavy atom. The van der Waals surface area contributed by atoms with Crippen LogP contribution in [0.5, 0.6) is 0 Å². The van der Waals surface area contributed by atoms with Crippen LogP contribution in [-0.2, 0) is 18.9 Å². The van der Waals surface area contributed by atoms with Gasteiger partial charge in [-0.3, -0.25) is 0 Å². The van der Waals surface area contributed by atoms with Crippen LogP contribution in [0, 0.1) is 0 Å². The molecule has 102 valence electrons. The number of aliphatic hydroxyl groups excluding tert-OH is 1. The number of rotatable bonds is 3. The molecule has 0 aliphatic rings. The maximum Gasteiger partial charge on any atom is 0.0995 e. The first-order valence-corrected chi connectivity index (χ1v) is 6.61. The number of imidazole rings is 1. The summed E-state index contributed by atoms with van der Waals surface area (Å²) in [6.45, 7) is 6.60. The molecule has 1 N–H and O–H groups in total. The maximum atomic E-state index is 10.2. The molecule has 0 radical (unpaired) electrons. The molecule has 1 heterocycles. The van der Waals surface area contributed by atoms with Gasteiger partial charge in [0, 0.05) is 13.5 Å². The zero-order chi connectivity index (χ0) is 14.0. The number of aliphatic hydroxyl groups is 1. The van der Waals surface area contributed by atoms with E-state index in [1.807, 2.05) is 11.6 Å². The van der Waals surface area contributed by atoms with Crippen LogP contribution in [0.3, 0.4) is 0 Å². The van der Waals surface area contributed by atoms with Crippen molar-refractivity contribution < 1.29 is 5.11 Å². The second-order valence-corrected chi connectivity index (χ2v) is 6.10. The van der Waals surface area contributed by atoms with E-state index in [-0.39, 0.29) is 5.41 Å². The lowest BCUT2D eigenvalue weighted by Crippen LogP contribution is -2.11. The average Bonchev–Trinajstić information content (AvgIpc) is 2.75. The minimum atomic E-state index is -0.506. The van der Waals surface area contributed by atoms with Gasteiger partial charge in [-0.2, -0.15) is 0 Å². The van der Waals surface area contributed by atoms with Gasteiger partial charge in [0.2, 0.25) is 0 Å². The van der Waals surface area contributed by atoms with Crippen molar-refractivity contribution in [1.82, 2.24) is 9.55 Å². The van der Waals surface area contributed by atoms with Crippen LogP contribution in [0.25, 0.3) is 0 Å². The molecule has 0 fully saturated rings. The summed E-state index contributed by atoms with van der Waals surface area (Å²) in [5.41, 5.74) is 3.46. The van der Waals surface area contributed by atoms with Gasteiger partial charge in [0.25, 0.3) is 0 Å². The molecule has 0 spiro atoms. The van der Waals surface area contributed by atoms with Crippen molar-refractivity contribution in [3.8, 4) is 0 Å². The Hall–Kier alpha value is -1.61. The molecular formula is C16H22N2O. The standard InChI is InChI=1S/C16H22N2O/c1-16(2,3)13-7-5-12(6-8-13)9-15(19)14-10-17-11-18(14)4/h5-8,10-11,15,19H,9H2,1-4H3. The number of nitrogens with zero attached hydrogens (tertiary/aromatic N) is 2. The first-order valence-electron chi connectivity index (χ1n) is 6.61. The van der Waals surface area contributed by atoms with Gasteiger partial charge in [-0.25, -0.2) is 4.98 Å². The van der Waals surface area contributed by atoms with Crippen LogP contribution in [0.2, 0.25) is 0 Å². The van der Waals surface area contributed by atoms with E-state index in [0.29, 0.717) is 6.42 Å². The molecule has 0 saturated carbocycles. The Morgan fingerprint density at radius 2 is 1.84 bits per heavy atom. The molecule has 0 bridgehead atoms. The molecule has 1 unspecified atom stereocenters. The van der Waals surface area contributed by atoms with Crippen molar-refractivity contribution in [2.75, 3.05) is 0 Å². The fraction of sp³-hybridized carbons (Fsp3) is 0.438. The van der Waals surface area contributed by atoms with E-state index in [4.69, 9.17) is 0 Å². The molecule has 2 aromatic rings. The number of benzene rings is 1. The van der Waals surface area contributed by atoms with Crippen LogP contribution in [-0.4, -0.2) is 14.7 Å². The van der Waals surface area contributed by atoms with Crippen molar-refractivity contribution in [2.24, 2.45) is 7.05 Å². The Kier molecular flexibility index (Phi) is 3.76. The minimum absolute atomic E-state index is 0.166. The van der Waals surface area contributed by atoms with Crippen LogP contribution in [0.1, 0.15) is 43.7 Å². The maximum absolute atomic E-state index is 10.2. The quantitative estimate of drug-likeness (QED) is 0.919. The van der Waals surface area contributed by atoms with Gasteiger partial charge in [0.05, 0.1) is 24.3 Å². The van der Waals surface area contributed by atoms with E-state index < -0.39 is 6.10 Å². The smallest absolute Gasteiger partial charge is 0.0995 e. The summed E-state index contributed by atoms with van der Waals surface area (Å²) >= 11 is 0. The third-order valence-corrected chi connectivity index (χ3v) is 3.44. The zero-order valence-corrected chi connectivity index (χ0v) is 12.1. The molecule has 3 nitrogen and oxygen atoms in total. The highest BCUT2D eigenvalue weighted by Gasteiger charge is 2.15. The van der Waals surface area contributed by atoms with Crippen LogP contribution < -0.4 is 0 Å². The van der Waals surface area contributed by atoms with Gasteiger partial charge in [0.1, 0.15) is 0 Å². The molecule has 1 atom stereocenters. The summed E-state index contributed by atoms with van der Waals surface area (Å²) in [4.78, 5) is 4.03. The van der Waals surface area contributed by atoms with E-state index in [0.717, 1.165) is 11.3 Å². The summed E-state index contributed by atoms with van der Waals surface area (Å²) < 4.78 is 1.86. The molecule has 0 saturated heterocycles. The summed E-state index contributed by atoms with van der Waals surface area (Å²) in [6, 6.07) is 8.48. The normalized spacial score (nSPS) is 13.5. The van der Waals surface area contributed by atoms with E-state index >= 15 is 0 Å². The summed E-state index contributed by atoms with van der Waals surface area (Å²) in [7, 11) is 1.90. The number of aryl methyl sites for hydroxylation is 1. The average molecular weight is 258 g/mol. The van der Waals surface area contributed by atoms with Gasteiger partial charge >= 0.3 is 0 Å². The highest BCUT2D eigenvalue weighted by atomic mass is 16.3. The largest absolute Gasteiger partial charge is 0.386 e. The Labute approximate surface area is 114 Å². The second-order valence-electron chi connectivity index (χ2n) is 6.10. The highest BCUT2D eigenvalue weighted by molar-refractivity contribution is 5.28. The minimum Gasteiger partial charge on any atom is -0.386 e. The van der Waals surface area contributed by atoms with E-state index in [2.05, 4.69) is 50.0 Å². The summed E-state index contributed by atoms with van der Waals surface area (Å²) in [6.07, 6.45) is 3.53. The van der Waals surface area contributed by atoms with Crippen LogP contribution in [0.15, 0.2) is 36.8 Å². The topological polar surface area (TPSA) is 38.0 Å². The Balaban J connectivity index is 2.10. The lowest BCUT2D eigenvalue weighted by atomic mass is 9.86. The number of hydrogen-bond donors (Lipinski definition) is 1. The fourth-order valence-electron chi connectivity index (χ4n) is 2.16. The molecule has 0 aliphatic carbocycles. The molecular weight excluding hydrogens is 236 g/mol. The molecule has 0 amide bonds. The monoisotopic (exact) mass is 258 g/mol. The molecule has 3 heteroatoms. The first-order chi connectivity index (χ1) is 8.88. The highest BCUT2D eigenvalue weighted by Crippen LogP contribution is 2.24. The van der Waals surface area contributed by atoms with Crippen molar-refractivity contribution >= 4 is 0 Å². The van der Waals surface area contributed by atoms with Gasteiger partial charge in [-0.05, 0) is 16.5 Å². The summed E-state index contributed by atoms with van der Waals surface area (Å²) in [5, 5.41) is 10.2. The predicted molar refractivity (Wildman–Crippen MR) is 77.0 cm³/mol. The number of aromatic nitrogens is 2. The molecule has 2 rings (SSSR count). The number of hydrogen-bond acceptors (Lipinski definition) is 2. The zero-order valence-electron chi connectivity index (χ0n) is 12.1. The van der Waals surface area contributed by atoms with Crippen molar-refractivity contribution in [2.45, 2.75) is 38.7 Å². The third-order valence-electron chi connectivity index (χ3n) is 3.44. The van der Waals surface area contributed by atoms with Crippen molar-refractivity contribution in [3.05, 3.63) is 53.6 Å². The lowest BCUT2D eigenvalue weighted by Gasteiger charge is -2.19. The fourth-order valence-corrected chi connectivity index (χ4v) is 2.16. The molecule has 0 aliphatic heterocycles. The van der Waals surface area contributed by atoms with Crippen LogP contribution >= 0.6 is 0 Å². The third kappa shape index (κ3) is 3.24. The van der Waals surface area contributed by atoms with E-state index in [1.54, 1.807) is 12.5 Å². The van der Waals surface area contributed by atoms with Crippen LogP contribution in [0.4, 0.5) is 0 Å². The molecule has 1 aromatic heterocycles. The Morgan fingerprint density at radius 1 is 1.21 bits per heavy atom. The predicted octanol–water partition coefficient (Wildman–Crippen LogP) is 2.99. The van der Waals surface area contributed by atoms with Gasteiger partial charge < -0.3 is 9.67 Å². The SMILES string of the molecule is Cn1cncc1C(O)Cc1ccc(C(C)(C)C)cc1. The van der Waals surface area contributed by atoms with Crippen molar-refractivity contribution in [3.63, 3.8) is 0 Å². The summed E-state index contributed by atoms with van der Waals surface area (Å²) in [5.74, 6) is 0. The van der Waals surface area contributed by atoms with Gasteiger partial charge in [-0.1, -0.05) is 45.0 Å².